The zero-order chi connectivity index (χ0) is 15.7. The Kier molecular flexibility index (Phi) is 4.23. The van der Waals surface area contributed by atoms with E-state index in [2.05, 4.69) is 22.2 Å². The summed E-state index contributed by atoms with van der Waals surface area (Å²) in [6, 6.07) is 0.113. The molecule has 3 rings (SSSR count). The van der Waals surface area contributed by atoms with Gasteiger partial charge in [-0.1, -0.05) is 12.2 Å². The highest BCUT2D eigenvalue weighted by molar-refractivity contribution is 5.80. The van der Waals surface area contributed by atoms with Gasteiger partial charge in [-0.2, -0.15) is 5.10 Å². The van der Waals surface area contributed by atoms with Crippen molar-refractivity contribution in [3.8, 4) is 5.88 Å². The highest BCUT2D eigenvalue weighted by atomic mass is 16.5. The van der Waals surface area contributed by atoms with Crippen molar-refractivity contribution in [3.63, 3.8) is 0 Å². The summed E-state index contributed by atoms with van der Waals surface area (Å²) >= 11 is 0. The maximum Gasteiger partial charge on any atom is 0.226 e. The molecule has 0 N–H and O–H groups in total. The standard InChI is InChI=1S/C17H25N3O2/c1-12-15(17(22-3)19(2)18-12)14-10-7-11-20(14)16(21)13-8-5-4-6-9-13/h4-5,13-14H,6-11H2,1-3H3/t13-,14-/m0/s1. The lowest BCUT2D eigenvalue weighted by Gasteiger charge is -2.29. The molecule has 2 heterocycles. The Hall–Kier alpha value is -1.78. The van der Waals surface area contributed by atoms with Crippen LogP contribution in [-0.2, 0) is 11.8 Å². The van der Waals surface area contributed by atoms with Crippen molar-refractivity contribution in [1.29, 1.82) is 0 Å². The van der Waals surface area contributed by atoms with Crippen molar-refractivity contribution in [2.75, 3.05) is 13.7 Å². The minimum absolute atomic E-state index is 0.113. The molecule has 0 radical (unpaired) electrons. The summed E-state index contributed by atoms with van der Waals surface area (Å²) in [4.78, 5) is 15.0. The number of carbonyl (C=O) groups excluding carboxylic acids is 1. The molecule has 1 aromatic rings. The molecule has 0 bridgehead atoms. The largest absolute Gasteiger partial charge is 0.481 e. The lowest BCUT2D eigenvalue weighted by molar-refractivity contribution is -0.136. The number of ether oxygens (including phenoxy) is 1. The van der Waals surface area contributed by atoms with E-state index in [-0.39, 0.29) is 12.0 Å². The van der Waals surface area contributed by atoms with Crippen LogP contribution < -0.4 is 4.74 Å². The fraction of sp³-hybridized carbons (Fsp3) is 0.647. The molecule has 0 saturated carbocycles. The van der Waals surface area contributed by atoms with Crippen LogP contribution in [0.4, 0.5) is 0 Å². The summed E-state index contributed by atoms with van der Waals surface area (Å²) < 4.78 is 7.31. The number of rotatable bonds is 3. The van der Waals surface area contributed by atoms with Crippen LogP contribution in [0.2, 0.25) is 0 Å². The Balaban J connectivity index is 1.87. The lowest BCUT2D eigenvalue weighted by atomic mass is 9.92. The van der Waals surface area contributed by atoms with Crippen LogP contribution >= 0.6 is 0 Å². The van der Waals surface area contributed by atoms with Gasteiger partial charge >= 0.3 is 0 Å². The molecule has 1 aromatic heterocycles. The first-order chi connectivity index (χ1) is 10.6. The predicted octanol–water partition coefficient (Wildman–Crippen LogP) is 2.76. The van der Waals surface area contributed by atoms with Gasteiger partial charge in [0.05, 0.1) is 24.4 Å². The van der Waals surface area contributed by atoms with E-state index in [0.717, 1.165) is 55.8 Å². The van der Waals surface area contributed by atoms with E-state index in [1.165, 1.54) is 0 Å². The summed E-state index contributed by atoms with van der Waals surface area (Å²) in [6.07, 6.45) is 9.25. The van der Waals surface area contributed by atoms with E-state index in [9.17, 15) is 4.79 Å². The summed E-state index contributed by atoms with van der Waals surface area (Å²) in [5.74, 6) is 1.23. The minimum atomic E-state index is 0.113. The highest BCUT2D eigenvalue weighted by Crippen LogP contribution is 2.40. The molecule has 0 unspecified atom stereocenters. The van der Waals surface area contributed by atoms with Crippen LogP contribution in [0, 0.1) is 12.8 Å². The summed E-state index contributed by atoms with van der Waals surface area (Å²) in [6.45, 7) is 2.85. The van der Waals surface area contributed by atoms with E-state index >= 15 is 0 Å². The quantitative estimate of drug-likeness (QED) is 0.807. The molecule has 1 saturated heterocycles. The Labute approximate surface area is 131 Å². The first-order valence-electron chi connectivity index (χ1n) is 8.16. The first kappa shape index (κ1) is 15.1. The highest BCUT2D eigenvalue weighted by Gasteiger charge is 2.37. The van der Waals surface area contributed by atoms with Crippen LogP contribution in [0.1, 0.15) is 49.4 Å². The van der Waals surface area contributed by atoms with Gasteiger partial charge < -0.3 is 9.64 Å². The van der Waals surface area contributed by atoms with E-state index < -0.39 is 0 Å². The number of nitrogens with zero attached hydrogens (tertiary/aromatic N) is 3. The lowest BCUT2D eigenvalue weighted by Crippen LogP contribution is -2.36. The van der Waals surface area contributed by atoms with E-state index in [0.29, 0.717) is 5.91 Å². The maximum atomic E-state index is 12.9. The average Bonchev–Trinajstić information content (AvgIpc) is 3.10. The van der Waals surface area contributed by atoms with Crippen LogP contribution in [0.5, 0.6) is 5.88 Å². The normalized spacial score (nSPS) is 24.8. The second kappa shape index (κ2) is 6.15. The van der Waals surface area contributed by atoms with Gasteiger partial charge in [0.2, 0.25) is 11.8 Å². The van der Waals surface area contributed by atoms with Crippen molar-refractivity contribution in [3.05, 3.63) is 23.4 Å². The molecule has 120 valence electrons. The van der Waals surface area contributed by atoms with E-state index in [4.69, 9.17) is 4.74 Å². The van der Waals surface area contributed by atoms with Gasteiger partial charge in [0.15, 0.2) is 0 Å². The number of aryl methyl sites for hydroxylation is 2. The van der Waals surface area contributed by atoms with Gasteiger partial charge in [-0.15, -0.1) is 0 Å². The maximum absolute atomic E-state index is 12.9. The van der Waals surface area contributed by atoms with Crippen LogP contribution in [-0.4, -0.2) is 34.2 Å². The molecule has 0 aromatic carbocycles. The molecule has 1 fully saturated rings. The molecule has 1 amide bonds. The Morgan fingerprint density at radius 2 is 2.18 bits per heavy atom. The third-order valence-electron chi connectivity index (χ3n) is 4.89. The summed E-state index contributed by atoms with van der Waals surface area (Å²) in [7, 11) is 3.56. The van der Waals surface area contributed by atoms with Crippen LogP contribution in [0.15, 0.2) is 12.2 Å². The number of aromatic nitrogens is 2. The van der Waals surface area contributed by atoms with Gasteiger partial charge in [0.25, 0.3) is 0 Å². The van der Waals surface area contributed by atoms with Crippen LogP contribution in [0.25, 0.3) is 0 Å². The van der Waals surface area contributed by atoms with Crippen LogP contribution in [0.3, 0.4) is 0 Å². The molecule has 5 heteroatoms. The van der Waals surface area contributed by atoms with Gasteiger partial charge in [-0.05, 0) is 39.0 Å². The molecule has 22 heavy (non-hydrogen) atoms. The fourth-order valence-corrected chi connectivity index (χ4v) is 3.86. The van der Waals surface area contributed by atoms with Crippen molar-refractivity contribution in [1.82, 2.24) is 14.7 Å². The van der Waals surface area contributed by atoms with Crippen molar-refractivity contribution in [2.24, 2.45) is 13.0 Å². The van der Waals surface area contributed by atoms with Gasteiger partial charge in [0, 0.05) is 19.5 Å². The van der Waals surface area contributed by atoms with Crippen molar-refractivity contribution >= 4 is 5.91 Å². The zero-order valence-corrected chi connectivity index (χ0v) is 13.7. The molecule has 5 nitrogen and oxygen atoms in total. The van der Waals surface area contributed by atoms with Gasteiger partial charge in [-0.3, -0.25) is 4.79 Å². The number of hydrogen-bond acceptors (Lipinski definition) is 3. The number of hydrogen-bond donors (Lipinski definition) is 0. The molecule has 1 aliphatic carbocycles. The number of carbonyl (C=O) groups is 1. The third kappa shape index (κ3) is 2.53. The monoisotopic (exact) mass is 303 g/mol. The van der Waals surface area contributed by atoms with E-state index in [1.54, 1.807) is 11.8 Å². The summed E-state index contributed by atoms with van der Waals surface area (Å²) in [5, 5.41) is 4.48. The second-order valence-electron chi connectivity index (χ2n) is 6.30. The molecule has 2 aliphatic rings. The molecular weight excluding hydrogens is 278 g/mol. The number of methoxy groups -OCH3 is 1. The number of allylic oxidation sites excluding steroid dienone is 2. The van der Waals surface area contributed by atoms with Gasteiger partial charge in [-0.25, -0.2) is 4.68 Å². The average molecular weight is 303 g/mol. The SMILES string of the molecule is COc1c([C@@H]2CCCN2C(=O)[C@H]2CC=CCC2)c(C)nn1C. The Morgan fingerprint density at radius 3 is 2.86 bits per heavy atom. The fourth-order valence-electron chi connectivity index (χ4n) is 3.86. The number of amides is 1. The molecule has 1 aliphatic heterocycles. The Bertz CT molecular complexity index is 591. The van der Waals surface area contributed by atoms with E-state index in [1.807, 2.05) is 14.0 Å². The van der Waals surface area contributed by atoms with Crippen molar-refractivity contribution < 1.29 is 9.53 Å². The molecule has 0 spiro atoms. The topological polar surface area (TPSA) is 47.4 Å². The third-order valence-corrected chi connectivity index (χ3v) is 4.89. The Morgan fingerprint density at radius 1 is 1.36 bits per heavy atom. The first-order valence-corrected chi connectivity index (χ1v) is 8.16. The second-order valence-corrected chi connectivity index (χ2v) is 6.30. The zero-order valence-electron chi connectivity index (χ0n) is 13.7. The summed E-state index contributed by atoms with van der Waals surface area (Å²) in [5.41, 5.74) is 2.05. The molecular formula is C17H25N3O2. The number of likely N-dealkylation sites (tertiary alicyclic amines) is 1. The predicted molar refractivity (Wildman–Crippen MR) is 84.7 cm³/mol. The van der Waals surface area contributed by atoms with Crippen molar-refractivity contribution in [2.45, 2.75) is 45.1 Å². The molecule has 2 atom stereocenters. The smallest absolute Gasteiger partial charge is 0.226 e. The van der Waals surface area contributed by atoms with Gasteiger partial charge in [0.1, 0.15) is 0 Å². The minimum Gasteiger partial charge on any atom is -0.481 e.